The number of fused-ring (bicyclic) bond motifs is 1. The average molecular weight is 418 g/mol. The van der Waals surface area contributed by atoms with E-state index < -0.39 is 11.2 Å². The van der Waals surface area contributed by atoms with E-state index in [1.807, 2.05) is 6.92 Å². The summed E-state index contributed by atoms with van der Waals surface area (Å²) in [6.45, 7) is 2.37. The molecule has 0 unspecified atom stereocenters. The summed E-state index contributed by atoms with van der Waals surface area (Å²) in [5, 5.41) is 4.42. The van der Waals surface area contributed by atoms with Gasteiger partial charge in [-0.3, -0.25) is 4.79 Å². The van der Waals surface area contributed by atoms with E-state index in [1.54, 1.807) is 36.4 Å². The zero-order valence-corrected chi connectivity index (χ0v) is 15.7. The lowest BCUT2D eigenvalue weighted by molar-refractivity contribution is 0.309. The number of ether oxygens (including phenoxy) is 2. The van der Waals surface area contributed by atoms with Gasteiger partial charge in [0, 0.05) is 0 Å². The van der Waals surface area contributed by atoms with Crippen LogP contribution in [0.15, 0.2) is 55.6 Å². The Hall–Kier alpha value is -2.87. The molecule has 8 heteroatoms. The third-order valence-electron chi connectivity index (χ3n) is 3.65. The maximum absolute atomic E-state index is 12.5. The van der Waals surface area contributed by atoms with Gasteiger partial charge in [0.2, 0.25) is 0 Å². The highest BCUT2D eigenvalue weighted by molar-refractivity contribution is 9.10. The number of benzene rings is 2. The molecule has 0 radical (unpaired) electrons. The molecule has 3 aromatic rings. The Balaban J connectivity index is 2.06. The van der Waals surface area contributed by atoms with Gasteiger partial charge < -0.3 is 14.5 Å². The topological polar surface area (TPSA) is 85.7 Å². The van der Waals surface area contributed by atoms with Gasteiger partial charge >= 0.3 is 5.69 Å². The molecule has 2 aromatic carbocycles. The normalized spacial score (nSPS) is 11.2. The molecule has 26 heavy (non-hydrogen) atoms. The third-order valence-corrected chi connectivity index (χ3v) is 4.24. The fourth-order valence-electron chi connectivity index (χ4n) is 2.48. The molecule has 0 aliphatic rings. The van der Waals surface area contributed by atoms with Gasteiger partial charge in [0.05, 0.1) is 35.3 Å². The van der Waals surface area contributed by atoms with Gasteiger partial charge in [-0.2, -0.15) is 5.10 Å². The van der Waals surface area contributed by atoms with Crippen molar-refractivity contribution in [3.05, 3.63) is 67.3 Å². The van der Waals surface area contributed by atoms with Gasteiger partial charge in [0.1, 0.15) is 0 Å². The summed E-state index contributed by atoms with van der Waals surface area (Å²) in [5.74, 6) is 1.09. The number of nitrogens with one attached hydrogen (secondary N) is 1. The molecule has 0 amide bonds. The molecule has 1 heterocycles. The molecule has 0 saturated carbocycles. The van der Waals surface area contributed by atoms with Crippen molar-refractivity contribution < 1.29 is 9.47 Å². The number of rotatable bonds is 5. The number of nitrogens with zero attached hydrogens (tertiary/aromatic N) is 2. The van der Waals surface area contributed by atoms with Crippen molar-refractivity contribution in [2.45, 2.75) is 6.92 Å². The van der Waals surface area contributed by atoms with Crippen molar-refractivity contribution in [2.75, 3.05) is 13.7 Å². The predicted octanol–water partition coefficient (Wildman–Crippen LogP) is 2.74. The summed E-state index contributed by atoms with van der Waals surface area (Å²) in [6.07, 6.45) is 1.41. The van der Waals surface area contributed by atoms with Crippen LogP contribution in [0.3, 0.4) is 0 Å². The number of para-hydroxylation sites is 1. The van der Waals surface area contributed by atoms with Crippen LogP contribution in [0.5, 0.6) is 11.5 Å². The molecule has 0 aliphatic heterocycles. The van der Waals surface area contributed by atoms with Crippen molar-refractivity contribution in [1.82, 2.24) is 9.66 Å². The number of halogens is 1. The van der Waals surface area contributed by atoms with Crippen LogP contribution in [-0.4, -0.2) is 29.6 Å². The van der Waals surface area contributed by atoms with Gasteiger partial charge in [0.15, 0.2) is 11.5 Å². The second-order valence-corrected chi connectivity index (χ2v) is 6.16. The molecule has 134 valence electrons. The van der Waals surface area contributed by atoms with E-state index in [0.717, 1.165) is 4.68 Å². The van der Waals surface area contributed by atoms with Gasteiger partial charge in [-0.05, 0) is 52.7 Å². The maximum Gasteiger partial charge on any atom is 0.349 e. The van der Waals surface area contributed by atoms with Crippen LogP contribution >= 0.6 is 15.9 Å². The molecule has 0 fully saturated rings. The lowest BCUT2D eigenvalue weighted by Gasteiger charge is -2.11. The van der Waals surface area contributed by atoms with Crippen LogP contribution in [0.4, 0.5) is 0 Å². The number of aromatic nitrogens is 2. The maximum atomic E-state index is 12.5. The summed E-state index contributed by atoms with van der Waals surface area (Å²) in [6, 6.07) is 10.2. The van der Waals surface area contributed by atoms with Gasteiger partial charge in [-0.25, -0.2) is 4.79 Å². The minimum Gasteiger partial charge on any atom is -0.493 e. The Morgan fingerprint density at radius 2 is 2.04 bits per heavy atom. The number of methoxy groups -OCH3 is 1. The zero-order chi connectivity index (χ0) is 18.7. The lowest BCUT2D eigenvalue weighted by Crippen LogP contribution is -2.32. The summed E-state index contributed by atoms with van der Waals surface area (Å²) in [5.41, 5.74) is 0.00977. The number of hydrogen-bond donors (Lipinski definition) is 1. The highest BCUT2D eigenvalue weighted by Gasteiger charge is 2.11. The summed E-state index contributed by atoms with van der Waals surface area (Å²) >= 11 is 3.42. The first kappa shape index (κ1) is 17.9. The van der Waals surface area contributed by atoms with E-state index in [1.165, 1.54) is 13.3 Å². The second kappa shape index (κ2) is 7.57. The highest BCUT2D eigenvalue weighted by Crippen LogP contribution is 2.36. The molecule has 0 saturated heterocycles. The Kier molecular flexibility index (Phi) is 5.22. The van der Waals surface area contributed by atoms with Gasteiger partial charge in [0.25, 0.3) is 5.56 Å². The fraction of sp³-hybridized carbons (Fsp3) is 0.167. The Labute approximate surface area is 157 Å². The second-order valence-electron chi connectivity index (χ2n) is 5.30. The quantitative estimate of drug-likeness (QED) is 0.646. The molecular formula is C18H16BrN3O4. The van der Waals surface area contributed by atoms with Crippen LogP contribution in [0.25, 0.3) is 10.9 Å². The van der Waals surface area contributed by atoms with Crippen molar-refractivity contribution in [1.29, 1.82) is 0 Å². The van der Waals surface area contributed by atoms with E-state index in [-0.39, 0.29) is 0 Å². The fourth-order valence-corrected chi connectivity index (χ4v) is 3.06. The number of hydrogen-bond acceptors (Lipinski definition) is 5. The largest absolute Gasteiger partial charge is 0.493 e. The van der Waals surface area contributed by atoms with E-state index in [0.29, 0.717) is 39.0 Å². The summed E-state index contributed by atoms with van der Waals surface area (Å²) in [4.78, 5) is 27.3. The molecule has 1 N–H and O–H groups in total. The smallest absolute Gasteiger partial charge is 0.349 e. The first-order valence-electron chi connectivity index (χ1n) is 7.84. The van der Waals surface area contributed by atoms with Crippen LogP contribution in [0.2, 0.25) is 0 Å². The zero-order valence-electron chi connectivity index (χ0n) is 14.2. The van der Waals surface area contributed by atoms with E-state index in [4.69, 9.17) is 9.47 Å². The van der Waals surface area contributed by atoms with E-state index in [9.17, 15) is 9.59 Å². The van der Waals surface area contributed by atoms with Crippen LogP contribution < -0.4 is 20.7 Å². The monoisotopic (exact) mass is 417 g/mol. The molecule has 0 aliphatic carbocycles. The molecule has 7 nitrogen and oxygen atoms in total. The minimum absolute atomic E-state index is 0.384. The van der Waals surface area contributed by atoms with Gasteiger partial charge in [-0.15, -0.1) is 4.68 Å². The number of H-pyrrole nitrogens is 1. The first-order chi connectivity index (χ1) is 12.5. The Bertz CT molecular complexity index is 1100. The van der Waals surface area contributed by atoms with Crippen molar-refractivity contribution in [2.24, 2.45) is 5.10 Å². The van der Waals surface area contributed by atoms with Crippen LogP contribution in [0, 0.1) is 0 Å². The molecular weight excluding hydrogens is 402 g/mol. The summed E-state index contributed by atoms with van der Waals surface area (Å²) < 4.78 is 12.3. The Morgan fingerprint density at radius 1 is 1.27 bits per heavy atom. The van der Waals surface area contributed by atoms with Crippen molar-refractivity contribution in [3.8, 4) is 11.5 Å². The predicted molar refractivity (Wildman–Crippen MR) is 104 cm³/mol. The molecule has 0 spiro atoms. The van der Waals surface area contributed by atoms with Crippen LogP contribution in [-0.2, 0) is 0 Å². The lowest BCUT2D eigenvalue weighted by atomic mass is 10.2. The molecule has 0 bridgehead atoms. The highest BCUT2D eigenvalue weighted by atomic mass is 79.9. The van der Waals surface area contributed by atoms with Crippen molar-refractivity contribution in [3.63, 3.8) is 0 Å². The van der Waals surface area contributed by atoms with E-state index in [2.05, 4.69) is 26.0 Å². The summed E-state index contributed by atoms with van der Waals surface area (Å²) in [7, 11) is 1.53. The molecule has 0 atom stereocenters. The molecule has 1 aromatic heterocycles. The molecule has 3 rings (SSSR count). The standard InChI is InChI=1S/C18H16BrN3O4/c1-3-26-16-13(19)8-11(9-15(16)25-2)10-20-22-17(23)12-6-4-5-7-14(12)21-18(22)24/h4-10H,3H2,1-2H3,(H,21,24). The van der Waals surface area contributed by atoms with E-state index >= 15 is 0 Å². The number of aromatic amines is 1. The Morgan fingerprint density at radius 3 is 2.77 bits per heavy atom. The van der Waals surface area contributed by atoms with Gasteiger partial charge in [-0.1, -0.05) is 12.1 Å². The first-order valence-corrected chi connectivity index (χ1v) is 8.63. The third kappa shape index (κ3) is 3.41. The van der Waals surface area contributed by atoms with Crippen molar-refractivity contribution >= 4 is 33.0 Å². The average Bonchev–Trinajstić information content (AvgIpc) is 2.63. The minimum atomic E-state index is -0.609. The SMILES string of the molecule is CCOc1c(Br)cc(C=Nn2c(=O)[nH]c3ccccc3c2=O)cc1OC. The van der Waals surface area contributed by atoms with Crippen LogP contribution in [0.1, 0.15) is 12.5 Å².